The van der Waals surface area contributed by atoms with Crippen LogP contribution in [0, 0.1) is 62.9 Å². The summed E-state index contributed by atoms with van der Waals surface area (Å²) in [5.41, 5.74) is -0.0244. The summed E-state index contributed by atoms with van der Waals surface area (Å²) in [5, 5.41) is 10.7. The monoisotopic (exact) mass is 782 g/mol. The zero-order chi connectivity index (χ0) is 41.3. The van der Waals surface area contributed by atoms with Gasteiger partial charge in [0.05, 0.1) is 16.8 Å². The van der Waals surface area contributed by atoms with Crippen molar-refractivity contribution in [3.63, 3.8) is 0 Å². The standard InChI is InChI=1S/C11H13NO4.C10H7F5O2.C8H11NO4.C5H9ClO/c1-8(2)7-11(13)16-10-5-3-9(4-6-10)12(14)15;1-3(2)10(16)17-9-7(14)5(12)4(11)6(13)8(9)15;1-5(2)8(12)13-9-6(10)3-4-7(9)11;1-4(2)3-5(6)7/h3-6,8H,7H2,1-2H3;3H,1-2H3;5H,3-4H2,1-2H3;4H,3H2,1-2H3. The van der Waals surface area contributed by atoms with Gasteiger partial charge in [0.2, 0.25) is 40.1 Å². The van der Waals surface area contributed by atoms with Crippen LogP contribution in [-0.4, -0.2) is 45.0 Å². The van der Waals surface area contributed by atoms with Gasteiger partial charge in [0.1, 0.15) is 5.75 Å². The van der Waals surface area contributed by atoms with Crippen molar-refractivity contribution in [2.75, 3.05) is 0 Å². The van der Waals surface area contributed by atoms with Crippen molar-refractivity contribution in [2.24, 2.45) is 23.7 Å². The molecule has 0 aliphatic carbocycles. The minimum absolute atomic E-state index is 0.0244. The van der Waals surface area contributed by atoms with Gasteiger partial charge in [0.25, 0.3) is 17.5 Å². The first-order valence-corrected chi connectivity index (χ1v) is 16.2. The normalized spacial score (nSPS) is 12.0. The van der Waals surface area contributed by atoms with E-state index in [4.69, 9.17) is 16.3 Å². The molecule has 0 saturated carbocycles. The zero-order valence-electron chi connectivity index (χ0n) is 30.1. The summed E-state index contributed by atoms with van der Waals surface area (Å²) in [5.74, 6) is -15.6. The molecule has 1 saturated heterocycles. The number of nitro groups is 1. The van der Waals surface area contributed by atoms with Crippen molar-refractivity contribution < 1.29 is 70.0 Å². The van der Waals surface area contributed by atoms with E-state index < -0.39 is 69.4 Å². The molecular weight excluding hydrogens is 743 g/mol. The van der Waals surface area contributed by atoms with E-state index in [1.165, 1.54) is 38.1 Å². The first kappa shape index (κ1) is 48.0. The highest BCUT2D eigenvalue weighted by Gasteiger charge is 2.33. The Hall–Kier alpha value is -5.00. The lowest BCUT2D eigenvalue weighted by Gasteiger charge is -2.13. The maximum atomic E-state index is 13.0. The number of rotatable bonds is 10. The third-order valence-electron chi connectivity index (χ3n) is 5.92. The molecule has 1 heterocycles. The van der Waals surface area contributed by atoms with Crippen LogP contribution in [0.4, 0.5) is 27.6 Å². The van der Waals surface area contributed by atoms with Crippen LogP contribution >= 0.6 is 11.6 Å². The van der Waals surface area contributed by atoms with E-state index in [0.29, 0.717) is 29.6 Å². The highest BCUT2D eigenvalue weighted by Crippen LogP contribution is 2.29. The number of nitro benzene ring substituents is 1. The fraction of sp³-hybridized carbons (Fsp3) is 0.471. The van der Waals surface area contributed by atoms with Crippen molar-refractivity contribution in [3.05, 3.63) is 63.5 Å². The Kier molecular flexibility index (Phi) is 20.7. The molecule has 0 atom stereocenters. The van der Waals surface area contributed by atoms with Gasteiger partial charge < -0.3 is 14.3 Å². The molecule has 0 unspecified atom stereocenters. The molecule has 0 N–H and O–H groups in total. The van der Waals surface area contributed by atoms with E-state index in [1.807, 2.05) is 27.7 Å². The number of hydrogen-bond acceptors (Lipinski definition) is 11. The molecule has 2 amide bonds. The lowest BCUT2D eigenvalue weighted by Crippen LogP contribution is -2.33. The van der Waals surface area contributed by atoms with Gasteiger partial charge in [-0.15, -0.1) is 5.06 Å². The molecule has 1 aliphatic heterocycles. The molecule has 2 aromatic carbocycles. The third-order valence-corrected chi connectivity index (χ3v) is 6.08. The van der Waals surface area contributed by atoms with Crippen molar-refractivity contribution in [3.8, 4) is 11.5 Å². The van der Waals surface area contributed by atoms with Crippen molar-refractivity contribution in [1.82, 2.24) is 5.06 Å². The number of non-ortho nitro benzene ring substituents is 1. The van der Waals surface area contributed by atoms with Crippen LogP contribution in [0.5, 0.6) is 11.5 Å². The minimum atomic E-state index is -2.30. The van der Waals surface area contributed by atoms with Crippen LogP contribution in [0.3, 0.4) is 0 Å². The molecule has 0 spiro atoms. The lowest BCUT2D eigenvalue weighted by atomic mass is 10.1. The highest BCUT2D eigenvalue weighted by molar-refractivity contribution is 6.63. The Morgan fingerprint density at radius 3 is 1.47 bits per heavy atom. The number of carbonyl (C=O) groups is 6. The average molecular weight is 783 g/mol. The number of ether oxygens (including phenoxy) is 2. The first-order valence-electron chi connectivity index (χ1n) is 15.8. The maximum absolute atomic E-state index is 13.0. The number of amides is 2. The Balaban J connectivity index is 0.000000707. The second kappa shape index (κ2) is 22.8. The number of esters is 2. The van der Waals surface area contributed by atoms with E-state index in [1.54, 1.807) is 13.8 Å². The second-order valence-electron chi connectivity index (χ2n) is 12.4. The molecule has 1 aliphatic rings. The minimum Gasteiger partial charge on any atom is -0.427 e. The van der Waals surface area contributed by atoms with Crippen LogP contribution in [0.2, 0.25) is 0 Å². The summed E-state index contributed by atoms with van der Waals surface area (Å²) in [6.45, 7) is 13.7. The average Bonchev–Trinajstić information content (AvgIpc) is 3.36. The van der Waals surface area contributed by atoms with Gasteiger partial charge in [-0.3, -0.25) is 34.1 Å². The quantitative estimate of drug-likeness (QED) is 0.0268. The molecule has 53 heavy (non-hydrogen) atoms. The van der Waals surface area contributed by atoms with Crippen LogP contribution in [0.1, 0.15) is 81.1 Å². The number of halogens is 6. The maximum Gasteiger partial charge on any atom is 0.335 e. The van der Waals surface area contributed by atoms with Gasteiger partial charge in [-0.25, -0.2) is 18.0 Å². The molecule has 3 rings (SSSR count). The highest BCUT2D eigenvalue weighted by atomic mass is 35.5. The molecule has 1 fully saturated rings. The molecule has 19 heteroatoms. The largest absolute Gasteiger partial charge is 0.427 e. The number of imide groups is 1. The molecule has 13 nitrogen and oxygen atoms in total. The van der Waals surface area contributed by atoms with Crippen LogP contribution < -0.4 is 9.47 Å². The van der Waals surface area contributed by atoms with E-state index in [0.717, 1.165) is 0 Å². The summed E-state index contributed by atoms with van der Waals surface area (Å²) in [4.78, 5) is 79.8. The van der Waals surface area contributed by atoms with E-state index in [-0.39, 0.29) is 41.6 Å². The second-order valence-corrected chi connectivity index (χ2v) is 12.8. The molecule has 0 aromatic heterocycles. The van der Waals surface area contributed by atoms with Gasteiger partial charge in [0.15, 0.2) is 0 Å². The van der Waals surface area contributed by atoms with E-state index in [9.17, 15) is 60.8 Å². The summed E-state index contributed by atoms with van der Waals surface area (Å²) >= 11 is 5.03. The molecule has 294 valence electrons. The number of hydroxylamine groups is 2. The smallest absolute Gasteiger partial charge is 0.335 e. The Labute approximate surface area is 306 Å². The fourth-order valence-corrected chi connectivity index (χ4v) is 3.52. The Morgan fingerprint density at radius 1 is 0.717 bits per heavy atom. The summed E-state index contributed by atoms with van der Waals surface area (Å²) < 4.78 is 73.2. The predicted molar refractivity (Wildman–Crippen MR) is 177 cm³/mol. The van der Waals surface area contributed by atoms with Crippen molar-refractivity contribution in [2.45, 2.75) is 81.1 Å². The summed E-state index contributed by atoms with van der Waals surface area (Å²) in [7, 11) is 0. The number of hydrogen-bond donors (Lipinski definition) is 0. The van der Waals surface area contributed by atoms with E-state index >= 15 is 0 Å². The van der Waals surface area contributed by atoms with Gasteiger partial charge in [-0.05, 0) is 35.6 Å². The third kappa shape index (κ3) is 17.4. The van der Waals surface area contributed by atoms with Crippen LogP contribution in [0.25, 0.3) is 0 Å². The molecule has 0 bridgehead atoms. The van der Waals surface area contributed by atoms with Gasteiger partial charge >= 0.3 is 17.9 Å². The molecule has 0 radical (unpaired) electrons. The van der Waals surface area contributed by atoms with Gasteiger partial charge in [-0.1, -0.05) is 55.4 Å². The van der Waals surface area contributed by atoms with Crippen molar-refractivity contribution in [1.29, 1.82) is 0 Å². The fourth-order valence-electron chi connectivity index (χ4n) is 3.21. The number of carbonyl (C=O) groups excluding carboxylic acids is 6. The Morgan fingerprint density at radius 2 is 1.13 bits per heavy atom. The SMILES string of the molecule is CC(C)C(=O)ON1C(=O)CCC1=O.CC(C)C(=O)Oc1c(F)c(F)c(F)c(F)c1F.CC(C)CC(=O)Cl.CC(C)CC(=O)Oc1ccc([N+](=O)[O-])cc1. The van der Waals surface area contributed by atoms with Crippen LogP contribution in [-0.2, 0) is 33.6 Å². The topological polar surface area (TPSA) is 176 Å². The van der Waals surface area contributed by atoms with Gasteiger partial charge in [0, 0.05) is 37.8 Å². The number of nitrogens with zero attached hydrogens (tertiary/aromatic N) is 2. The predicted octanol–water partition coefficient (Wildman–Crippen LogP) is 7.54. The summed E-state index contributed by atoms with van der Waals surface area (Å²) in [6, 6.07) is 5.43. The zero-order valence-corrected chi connectivity index (χ0v) is 30.9. The van der Waals surface area contributed by atoms with Crippen molar-refractivity contribution >= 4 is 52.3 Å². The van der Waals surface area contributed by atoms with Gasteiger partial charge in [-0.2, -0.15) is 8.78 Å². The molecular formula is C34H40ClF5N2O11. The Bertz CT molecular complexity index is 1590. The lowest BCUT2D eigenvalue weighted by molar-refractivity contribution is -0.384. The summed E-state index contributed by atoms with van der Waals surface area (Å²) in [6.07, 6.45) is 1.08. The first-order chi connectivity index (χ1) is 24.4. The van der Waals surface area contributed by atoms with Crippen LogP contribution in [0.15, 0.2) is 24.3 Å². The van der Waals surface area contributed by atoms with E-state index in [2.05, 4.69) is 9.57 Å². The number of benzene rings is 2. The molecule has 2 aromatic rings.